The van der Waals surface area contributed by atoms with Crippen molar-refractivity contribution in [1.82, 2.24) is 19.9 Å². The Labute approximate surface area is 156 Å². The molecule has 136 valence electrons. The van der Waals surface area contributed by atoms with Gasteiger partial charge in [0.2, 0.25) is 0 Å². The summed E-state index contributed by atoms with van der Waals surface area (Å²) in [6, 6.07) is 10.0. The first-order valence-electron chi connectivity index (χ1n) is 8.94. The standard InChI is InChI=1S/C21H19FN4O/c1-14-18(13-24-20(25-14)16-4-2-10-23-12-16)21(27)26-11-3-5-19(26)15-6-8-17(22)9-7-15/h2,4,6-10,12-13,19H,3,5,11H2,1H3/t19-/m0/s1. The molecule has 1 aromatic carbocycles. The van der Waals surface area contributed by atoms with Gasteiger partial charge in [0.15, 0.2) is 5.82 Å². The van der Waals surface area contributed by atoms with Crippen LogP contribution >= 0.6 is 0 Å². The van der Waals surface area contributed by atoms with E-state index < -0.39 is 0 Å². The van der Waals surface area contributed by atoms with Gasteiger partial charge in [-0.2, -0.15) is 0 Å². The van der Waals surface area contributed by atoms with Gasteiger partial charge in [-0.25, -0.2) is 14.4 Å². The zero-order chi connectivity index (χ0) is 18.8. The molecule has 1 fully saturated rings. The fraction of sp³-hybridized carbons (Fsp3) is 0.238. The molecule has 2 aromatic heterocycles. The lowest BCUT2D eigenvalue weighted by Gasteiger charge is -2.25. The number of aryl methyl sites for hydroxylation is 1. The van der Waals surface area contributed by atoms with Gasteiger partial charge in [-0.3, -0.25) is 9.78 Å². The predicted molar refractivity (Wildman–Crippen MR) is 99.4 cm³/mol. The number of pyridine rings is 1. The third-order valence-corrected chi connectivity index (χ3v) is 4.90. The maximum absolute atomic E-state index is 13.2. The predicted octanol–water partition coefficient (Wildman–Crippen LogP) is 3.96. The van der Waals surface area contributed by atoms with Crippen LogP contribution in [0.25, 0.3) is 11.4 Å². The van der Waals surface area contributed by atoms with Gasteiger partial charge >= 0.3 is 0 Å². The zero-order valence-electron chi connectivity index (χ0n) is 15.0. The molecule has 1 saturated heterocycles. The summed E-state index contributed by atoms with van der Waals surface area (Å²) < 4.78 is 13.2. The molecule has 4 rings (SSSR count). The average molecular weight is 362 g/mol. The van der Waals surface area contributed by atoms with Gasteiger partial charge in [-0.05, 0) is 49.6 Å². The number of amides is 1. The van der Waals surface area contributed by atoms with Crippen LogP contribution in [0, 0.1) is 12.7 Å². The molecule has 0 saturated carbocycles. The van der Waals surface area contributed by atoms with Gasteiger partial charge in [-0.1, -0.05) is 12.1 Å². The van der Waals surface area contributed by atoms with Crippen LogP contribution < -0.4 is 0 Å². The van der Waals surface area contributed by atoms with Crippen molar-refractivity contribution in [3.63, 3.8) is 0 Å². The molecule has 0 unspecified atom stereocenters. The first kappa shape index (κ1) is 17.3. The molecule has 3 heterocycles. The van der Waals surface area contributed by atoms with Crippen molar-refractivity contribution in [3.8, 4) is 11.4 Å². The highest BCUT2D eigenvalue weighted by atomic mass is 19.1. The number of hydrogen-bond acceptors (Lipinski definition) is 4. The third-order valence-electron chi connectivity index (χ3n) is 4.90. The highest BCUT2D eigenvalue weighted by molar-refractivity contribution is 5.95. The summed E-state index contributed by atoms with van der Waals surface area (Å²) in [6.45, 7) is 2.49. The summed E-state index contributed by atoms with van der Waals surface area (Å²) in [5.74, 6) is 0.190. The molecule has 1 aliphatic rings. The van der Waals surface area contributed by atoms with Gasteiger partial charge in [0.1, 0.15) is 5.82 Å². The highest BCUT2D eigenvalue weighted by Crippen LogP contribution is 2.33. The van der Waals surface area contributed by atoms with E-state index in [1.165, 1.54) is 12.1 Å². The van der Waals surface area contributed by atoms with E-state index in [4.69, 9.17) is 0 Å². The lowest BCUT2D eigenvalue weighted by atomic mass is 10.0. The number of rotatable bonds is 3. The largest absolute Gasteiger partial charge is 0.332 e. The van der Waals surface area contributed by atoms with E-state index in [1.807, 2.05) is 24.0 Å². The van der Waals surface area contributed by atoms with Crippen molar-refractivity contribution in [2.75, 3.05) is 6.54 Å². The molecule has 1 aliphatic heterocycles. The van der Waals surface area contributed by atoms with Crippen LogP contribution in [0.4, 0.5) is 4.39 Å². The lowest BCUT2D eigenvalue weighted by molar-refractivity contribution is 0.0734. The first-order chi connectivity index (χ1) is 13.1. The van der Waals surface area contributed by atoms with Gasteiger partial charge in [0.05, 0.1) is 17.3 Å². The van der Waals surface area contributed by atoms with Crippen LogP contribution in [0.1, 0.15) is 40.5 Å². The van der Waals surface area contributed by atoms with Crippen LogP contribution in [0.3, 0.4) is 0 Å². The first-order valence-corrected chi connectivity index (χ1v) is 8.94. The molecule has 0 spiro atoms. The van der Waals surface area contributed by atoms with Crippen LogP contribution in [-0.4, -0.2) is 32.3 Å². The maximum atomic E-state index is 13.2. The summed E-state index contributed by atoms with van der Waals surface area (Å²) in [6.07, 6.45) is 6.76. The van der Waals surface area contributed by atoms with Crippen LogP contribution in [0.2, 0.25) is 0 Å². The quantitative estimate of drug-likeness (QED) is 0.707. The van der Waals surface area contributed by atoms with Crippen molar-refractivity contribution in [2.24, 2.45) is 0 Å². The summed E-state index contributed by atoms with van der Waals surface area (Å²) in [7, 11) is 0. The highest BCUT2D eigenvalue weighted by Gasteiger charge is 2.31. The molecule has 5 nitrogen and oxygen atoms in total. The molecule has 1 amide bonds. The number of nitrogens with zero attached hydrogens (tertiary/aromatic N) is 4. The molecule has 0 N–H and O–H groups in total. The van der Waals surface area contributed by atoms with Gasteiger partial charge < -0.3 is 4.90 Å². The summed E-state index contributed by atoms with van der Waals surface area (Å²) in [5.41, 5.74) is 2.90. The Morgan fingerprint density at radius 1 is 1.19 bits per heavy atom. The Balaban J connectivity index is 1.61. The van der Waals surface area contributed by atoms with E-state index in [-0.39, 0.29) is 17.8 Å². The normalized spacial score (nSPS) is 16.5. The minimum atomic E-state index is -0.273. The second kappa shape index (κ2) is 7.23. The van der Waals surface area contributed by atoms with Crippen molar-refractivity contribution in [3.05, 3.63) is 77.6 Å². The van der Waals surface area contributed by atoms with Crippen LogP contribution in [0.5, 0.6) is 0 Å². The minimum absolute atomic E-state index is 0.0458. The summed E-state index contributed by atoms with van der Waals surface area (Å²) >= 11 is 0. The smallest absolute Gasteiger partial charge is 0.257 e. The Bertz CT molecular complexity index is 960. The Morgan fingerprint density at radius 2 is 2.00 bits per heavy atom. The number of aromatic nitrogens is 3. The summed E-state index contributed by atoms with van der Waals surface area (Å²) in [4.78, 5) is 27.9. The Morgan fingerprint density at radius 3 is 2.70 bits per heavy atom. The van der Waals surface area contributed by atoms with E-state index in [0.717, 1.165) is 24.0 Å². The Hall–Kier alpha value is -3.15. The van der Waals surface area contributed by atoms with E-state index in [9.17, 15) is 9.18 Å². The maximum Gasteiger partial charge on any atom is 0.257 e. The van der Waals surface area contributed by atoms with Crippen molar-refractivity contribution < 1.29 is 9.18 Å². The Kier molecular flexibility index (Phi) is 4.62. The third kappa shape index (κ3) is 3.43. The van der Waals surface area contributed by atoms with E-state index in [1.54, 1.807) is 30.7 Å². The van der Waals surface area contributed by atoms with Crippen molar-refractivity contribution >= 4 is 5.91 Å². The average Bonchev–Trinajstić information content (AvgIpc) is 3.18. The molecular weight excluding hydrogens is 343 g/mol. The number of benzene rings is 1. The fourth-order valence-corrected chi connectivity index (χ4v) is 3.51. The molecule has 6 heteroatoms. The number of carbonyl (C=O) groups excluding carboxylic acids is 1. The molecule has 27 heavy (non-hydrogen) atoms. The molecule has 1 atom stereocenters. The van der Waals surface area contributed by atoms with Crippen LogP contribution in [-0.2, 0) is 0 Å². The number of carbonyl (C=O) groups is 1. The second-order valence-corrected chi connectivity index (χ2v) is 6.64. The monoisotopic (exact) mass is 362 g/mol. The van der Waals surface area contributed by atoms with E-state index in [0.29, 0.717) is 23.6 Å². The molecular formula is C21H19FN4O. The molecule has 0 bridgehead atoms. The van der Waals surface area contributed by atoms with Crippen molar-refractivity contribution in [2.45, 2.75) is 25.8 Å². The van der Waals surface area contributed by atoms with Gasteiger partial charge in [-0.15, -0.1) is 0 Å². The van der Waals surface area contributed by atoms with E-state index in [2.05, 4.69) is 15.0 Å². The molecule has 3 aromatic rings. The summed E-state index contributed by atoms with van der Waals surface area (Å²) in [5, 5.41) is 0. The second-order valence-electron chi connectivity index (χ2n) is 6.64. The van der Waals surface area contributed by atoms with Crippen molar-refractivity contribution in [1.29, 1.82) is 0 Å². The molecule has 0 aliphatic carbocycles. The van der Waals surface area contributed by atoms with Crippen LogP contribution in [0.15, 0.2) is 55.0 Å². The van der Waals surface area contributed by atoms with E-state index >= 15 is 0 Å². The topological polar surface area (TPSA) is 59.0 Å². The zero-order valence-corrected chi connectivity index (χ0v) is 15.0. The van der Waals surface area contributed by atoms with Gasteiger partial charge in [0, 0.05) is 30.7 Å². The number of hydrogen-bond donors (Lipinski definition) is 0. The number of halogens is 1. The van der Waals surface area contributed by atoms with Gasteiger partial charge in [0.25, 0.3) is 5.91 Å². The molecule has 0 radical (unpaired) electrons. The SMILES string of the molecule is Cc1nc(-c2cccnc2)ncc1C(=O)N1CCC[C@H]1c1ccc(F)cc1. The fourth-order valence-electron chi connectivity index (χ4n) is 3.51. The lowest BCUT2D eigenvalue weighted by Crippen LogP contribution is -2.31. The number of likely N-dealkylation sites (tertiary alicyclic amines) is 1. The minimum Gasteiger partial charge on any atom is -0.332 e.